The summed E-state index contributed by atoms with van der Waals surface area (Å²) in [5.74, 6) is -0.668. The molecule has 1 saturated carbocycles. The minimum absolute atomic E-state index is 0.0612. The fourth-order valence-corrected chi connectivity index (χ4v) is 3.89. The van der Waals surface area contributed by atoms with Gasteiger partial charge in [-0.25, -0.2) is 0 Å². The second-order valence-corrected chi connectivity index (χ2v) is 8.54. The molecule has 0 heterocycles. The predicted molar refractivity (Wildman–Crippen MR) is 121 cm³/mol. The van der Waals surface area contributed by atoms with E-state index in [1.807, 2.05) is 62.4 Å². The molecular formula is C26H36O5. The Bertz CT molecular complexity index is 737. The third-order valence-corrected chi connectivity index (χ3v) is 5.54. The standard InChI is InChI=1S/C26H36O5/c1-19(2)31-26(30)13-9-4-3-8-12-22-23(25(29)18-24(22)28)17-16-21(27)15-14-20-10-6-5-7-11-20/h3,5-8,10-11,16-17,19,21-23,25,27,29H,4,9,12-15,18H2,1-2H3. The summed E-state index contributed by atoms with van der Waals surface area (Å²) in [5.41, 5.74) is 1.17. The van der Waals surface area contributed by atoms with E-state index in [2.05, 4.69) is 0 Å². The molecule has 0 aliphatic heterocycles. The second kappa shape index (κ2) is 13.2. The van der Waals surface area contributed by atoms with Crippen molar-refractivity contribution in [2.45, 2.75) is 77.1 Å². The number of aliphatic hydroxyl groups is 2. The van der Waals surface area contributed by atoms with Gasteiger partial charge in [-0.05, 0) is 51.5 Å². The van der Waals surface area contributed by atoms with Crippen molar-refractivity contribution in [3.63, 3.8) is 0 Å². The van der Waals surface area contributed by atoms with Crippen molar-refractivity contribution < 1.29 is 24.5 Å². The number of ether oxygens (including phenoxy) is 1. The van der Waals surface area contributed by atoms with Crippen molar-refractivity contribution in [1.29, 1.82) is 0 Å². The first-order valence-electron chi connectivity index (χ1n) is 11.3. The van der Waals surface area contributed by atoms with Gasteiger partial charge in [-0.15, -0.1) is 0 Å². The molecule has 0 spiro atoms. The molecule has 0 aromatic heterocycles. The largest absolute Gasteiger partial charge is 0.463 e. The van der Waals surface area contributed by atoms with E-state index in [1.165, 1.54) is 5.56 Å². The Morgan fingerprint density at radius 3 is 2.68 bits per heavy atom. The summed E-state index contributed by atoms with van der Waals surface area (Å²) >= 11 is 0. The van der Waals surface area contributed by atoms with Gasteiger partial charge in [-0.2, -0.15) is 0 Å². The van der Waals surface area contributed by atoms with Gasteiger partial charge in [0.15, 0.2) is 0 Å². The maximum atomic E-state index is 12.3. The lowest BCUT2D eigenvalue weighted by Crippen LogP contribution is -2.19. The number of carbonyl (C=O) groups excluding carboxylic acids is 2. The number of Topliss-reactive ketones (excluding diaryl/α,β-unsaturated/α-hetero) is 1. The minimum Gasteiger partial charge on any atom is -0.463 e. The lowest BCUT2D eigenvalue weighted by Gasteiger charge is -2.16. The zero-order chi connectivity index (χ0) is 22.6. The number of hydrogen-bond acceptors (Lipinski definition) is 5. The highest BCUT2D eigenvalue weighted by Gasteiger charge is 2.39. The number of aliphatic hydroxyl groups excluding tert-OH is 2. The second-order valence-electron chi connectivity index (χ2n) is 8.54. The normalized spacial score (nSPS) is 22.6. The van der Waals surface area contributed by atoms with Crippen LogP contribution >= 0.6 is 0 Å². The van der Waals surface area contributed by atoms with Crippen molar-refractivity contribution in [2.24, 2.45) is 11.8 Å². The molecule has 1 fully saturated rings. The zero-order valence-corrected chi connectivity index (χ0v) is 18.7. The molecule has 0 saturated heterocycles. The molecule has 0 amide bonds. The van der Waals surface area contributed by atoms with Crippen LogP contribution in [-0.4, -0.2) is 40.3 Å². The van der Waals surface area contributed by atoms with Crippen LogP contribution < -0.4 is 0 Å². The average Bonchev–Trinajstić information content (AvgIpc) is 3.00. The third kappa shape index (κ3) is 9.19. The predicted octanol–water partition coefficient (Wildman–Crippen LogP) is 4.17. The molecule has 4 atom stereocenters. The van der Waals surface area contributed by atoms with Crippen LogP contribution in [0, 0.1) is 11.8 Å². The lowest BCUT2D eigenvalue weighted by atomic mass is 9.90. The fraction of sp³-hybridized carbons (Fsp3) is 0.538. The number of carbonyl (C=O) groups is 2. The summed E-state index contributed by atoms with van der Waals surface area (Å²) in [7, 11) is 0. The van der Waals surface area contributed by atoms with Crippen LogP contribution in [0.15, 0.2) is 54.6 Å². The topological polar surface area (TPSA) is 83.8 Å². The molecule has 0 radical (unpaired) electrons. The van der Waals surface area contributed by atoms with Gasteiger partial charge in [0.1, 0.15) is 5.78 Å². The quantitative estimate of drug-likeness (QED) is 0.297. The number of aryl methyl sites for hydroxylation is 1. The maximum Gasteiger partial charge on any atom is 0.306 e. The summed E-state index contributed by atoms with van der Waals surface area (Å²) in [6.45, 7) is 3.66. The minimum atomic E-state index is -0.700. The van der Waals surface area contributed by atoms with Crippen molar-refractivity contribution >= 4 is 11.8 Å². The van der Waals surface area contributed by atoms with Crippen LogP contribution in [0.2, 0.25) is 0 Å². The smallest absolute Gasteiger partial charge is 0.306 e. The molecular weight excluding hydrogens is 392 g/mol. The van der Waals surface area contributed by atoms with Gasteiger partial charge in [0.25, 0.3) is 0 Å². The molecule has 1 aliphatic rings. The van der Waals surface area contributed by atoms with Crippen molar-refractivity contribution in [3.05, 3.63) is 60.2 Å². The Morgan fingerprint density at radius 1 is 1.23 bits per heavy atom. The molecule has 31 heavy (non-hydrogen) atoms. The number of unbranched alkanes of at least 4 members (excludes halogenated alkanes) is 1. The summed E-state index contributed by atoms with van der Waals surface area (Å²) in [6, 6.07) is 9.99. The summed E-state index contributed by atoms with van der Waals surface area (Å²) in [6.07, 6.45) is 10.00. The van der Waals surface area contributed by atoms with Gasteiger partial charge in [-0.3, -0.25) is 9.59 Å². The molecule has 4 unspecified atom stereocenters. The number of allylic oxidation sites excluding steroid dienone is 2. The highest BCUT2D eigenvalue weighted by molar-refractivity contribution is 5.84. The van der Waals surface area contributed by atoms with Crippen molar-refractivity contribution in [3.8, 4) is 0 Å². The monoisotopic (exact) mass is 428 g/mol. The van der Waals surface area contributed by atoms with Crippen LogP contribution in [0.5, 0.6) is 0 Å². The lowest BCUT2D eigenvalue weighted by molar-refractivity contribution is -0.147. The zero-order valence-electron chi connectivity index (χ0n) is 18.7. The molecule has 2 N–H and O–H groups in total. The maximum absolute atomic E-state index is 12.3. The van der Waals surface area contributed by atoms with Gasteiger partial charge in [0, 0.05) is 24.7 Å². The summed E-state index contributed by atoms with van der Waals surface area (Å²) < 4.78 is 5.10. The summed E-state index contributed by atoms with van der Waals surface area (Å²) in [4.78, 5) is 23.8. The SMILES string of the molecule is CC(C)OC(=O)CCCC=CCC1C(=O)CC(O)C1C=CC(O)CCc1ccccc1. The first-order valence-corrected chi connectivity index (χ1v) is 11.3. The molecule has 5 heteroatoms. The van der Waals surface area contributed by atoms with Gasteiger partial charge in [-0.1, -0.05) is 54.6 Å². The van der Waals surface area contributed by atoms with Gasteiger partial charge in [0.2, 0.25) is 0 Å². The summed E-state index contributed by atoms with van der Waals surface area (Å²) in [5, 5.41) is 20.6. The molecule has 2 rings (SSSR count). The van der Waals surface area contributed by atoms with Crippen LogP contribution in [-0.2, 0) is 20.7 Å². The third-order valence-electron chi connectivity index (χ3n) is 5.54. The van der Waals surface area contributed by atoms with Gasteiger partial charge >= 0.3 is 5.97 Å². The number of benzene rings is 1. The van der Waals surface area contributed by atoms with Crippen molar-refractivity contribution in [1.82, 2.24) is 0 Å². The molecule has 1 aliphatic carbocycles. The first-order chi connectivity index (χ1) is 14.9. The molecule has 1 aromatic rings. The van der Waals surface area contributed by atoms with Crippen molar-refractivity contribution in [2.75, 3.05) is 0 Å². The Labute approximate surface area is 185 Å². The molecule has 170 valence electrons. The van der Waals surface area contributed by atoms with E-state index in [0.29, 0.717) is 25.7 Å². The number of ketones is 1. The van der Waals surface area contributed by atoms with E-state index in [4.69, 9.17) is 4.74 Å². The molecule has 5 nitrogen and oxygen atoms in total. The number of esters is 1. The van der Waals surface area contributed by atoms with Crippen LogP contribution in [0.4, 0.5) is 0 Å². The van der Waals surface area contributed by atoms with Crippen LogP contribution in [0.1, 0.15) is 57.9 Å². The van der Waals surface area contributed by atoms with E-state index in [0.717, 1.165) is 12.8 Å². The Balaban J connectivity index is 1.77. The molecule has 1 aromatic carbocycles. The number of hydrogen-bond donors (Lipinski definition) is 2. The van der Waals surface area contributed by atoms with E-state index in [1.54, 1.807) is 6.08 Å². The van der Waals surface area contributed by atoms with Gasteiger partial charge in [0.05, 0.1) is 18.3 Å². The van der Waals surface area contributed by atoms with E-state index in [9.17, 15) is 19.8 Å². The molecule has 0 bridgehead atoms. The van der Waals surface area contributed by atoms with Crippen LogP contribution in [0.3, 0.4) is 0 Å². The number of rotatable bonds is 12. The van der Waals surface area contributed by atoms with E-state index < -0.39 is 12.2 Å². The average molecular weight is 429 g/mol. The Morgan fingerprint density at radius 2 is 1.97 bits per heavy atom. The van der Waals surface area contributed by atoms with Gasteiger partial charge < -0.3 is 14.9 Å². The fourth-order valence-electron chi connectivity index (χ4n) is 3.89. The highest BCUT2D eigenvalue weighted by Crippen LogP contribution is 2.33. The van der Waals surface area contributed by atoms with E-state index in [-0.39, 0.29) is 36.1 Å². The van der Waals surface area contributed by atoms with E-state index >= 15 is 0 Å². The van der Waals surface area contributed by atoms with Crippen LogP contribution in [0.25, 0.3) is 0 Å². The Kier molecular flexibility index (Phi) is 10.7. The Hall–Kier alpha value is -2.24. The first kappa shape index (κ1) is 25.0. The highest BCUT2D eigenvalue weighted by atomic mass is 16.5.